The molecule has 0 radical (unpaired) electrons. The summed E-state index contributed by atoms with van der Waals surface area (Å²) < 4.78 is 0. The highest BCUT2D eigenvalue weighted by molar-refractivity contribution is 6.90. The minimum Gasteiger partial charge on any atom is -0.100 e. The Morgan fingerprint density at radius 2 is 1.79 bits per heavy atom. The van der Waals surface area contributed by atoms with Gasteiger partial charge in [-0.2, -0.15) is 0 Å². The molecular weight excluding hydrogens is 244 g/mol. The van der Waals surface area contributed by atoms with Crippen LogP contribution in [0.5, 0.6) is 0 Å². The van der Waals surface area contributed by atoms with Crippen molar-refractivity contribution < 1.29 is 0 Å². The maximum Gasteiger partial charge on any atom is 0.0845 e. The Morgan fingerprint density at radius 1 is 1.16 bits per heavy atom. The average Bonchev–Trinajstić information content (AvgIpc) is 2.90. The van der Waals surface area contributed by atoms with E-state index in [-0.39, 0.29) is 0 Å². The lowest BCUT2D eigenvalue weighted by molar-refractivity contribution is 0.503. The second-order valence-corrected chi connectivity index (χ2v) is 11.6. The Balaban J connectivity index is 1.83. The molecule has 0 nitrogen and oxygen atoms in total. The van der Waals surface area contributed by atoms with Gasteiger partial charge in [-0.3, -0.25) is 0 Å². The van der Waals surface area contributed by atoms with Crippen LogP contribution in [0.2, 0.25) is 19.1 Å². The summed E-state index contributed by atoms with van der Waals surface area (Å²) >= 11 is 0. The van der Waals surface area contributed by atoms with Crippen LogP contribution in [0.1, 0.15) is 38.5 Å². The zero-order chi connectivity index (χ0) is 13.7. The van der Waals surface area contributed by atoms with Crippen LogP contribution >= 0.6 is 0 Å². The van der Waals surface area contributed by atoms with Crippen LogP contribution in [0.4, 0.5) is 0 Å². The summed E-state index contributed by atoms with van der Waals surface area (Å²) in [6.45, 7) is 9.31. The van der Waals surface area contributed by atoms with Crippen molar-refractivity contribution in [1.82, 2.24) is 0 Å². The quantitative estimate of drug-likeness (QED) is 0.497. The highest BCUT2D eigenvalue weighted by Crippen LogP contribution is 2.30. The summed E-state index contributed by atoms with van der Waals surface area (Å²) in [4.78, 5) is 0. The van der Waals surface area contributed by atoms with Gasteiger partial charge in [-0.1, -0.05) is 79.9 Å². The van der Waals surface area contributed by atoms with Gasteiger partial charge in [0.05, 0.1) is 8.07 Å². The molecular formula is C18H28Si. The van der Waals surface area contributed by atoms with Gasteiger partial charge in [0.15, 0.2) is 0 Å². The molecule has 0 spiro atoms. The third-order valence-electron chi connectivity index (χ3n) is 4.63. The minimum absolute atomic E-state index is 0.998. The molecule has 1 heteroatoms. The molecule has 0 aromatic heterocycles. The Kier molecular flexibility index (Phi) is 5.03. The summed E-state index contributed by atoms with van der Waals surface area (Å²) in [5.74, 6) is 0.998. The molecule has 1 aliphatic rings. The SMILES string of the molecule is C=C(CCC1CCCC1)C[Si](C)(C)c1ccccc1. The van der Waals surface area contributed by atoms with Crippen molar-refractivity contribution in [3.05, 3.63) is 42.5 Å². The first kappa shape index (κ1) is 14.6. The van der Waals surface area contributed by atoms with Crippen molar-refractivity contribution in [2.75, 3.05) is 0 Å². The molecule has 0 amide bonds. The Hall–Kier alpha value is -0.823. The maximum atomic E-state index is 4.36. The van der Waals surface area contributed by atoms with Gasteiger partial charge in [0.25, 0.3) is 0 Å². The molecule has 19 heavy (non-hydrogen) atoms. The van der Waals surface area contributed by atoms with E-state index in [1.807, 2.05) is 0 Å². The third-order valence-corrected chi connectivity index (χ3v) is 7.91. The van der Waals surface area contributed by atoms with Gasteiger partial charge in [0.2, 0.25) is 0 Å². The van der Waals surface area contributed by atoms with Gasteiger partial charge in [-0.15, -0.1) is 6.58 Å². The zero-order valence-corrected chi connectivity index (χ0v) is 13.6. The molecule has 0 unspecified atom stereocenters. The summed E-state index contributed by atoms with van der Waals surface area (Å²) in [6, 6.07) is 12.3. The molecule has 0 bridgehead atoms. The summed E-state index contributed by atoms with van der Waals surface area (Å²) in [5, 5.41) is 1.57. The molecule has 0 saturated heterocycles. The molecule has 2 rings (SSSR count). The van der Waals surface area contributed by atoms with Crippen LogP contribution in [0.3, 0.4) is 0 Å². The summed E-state index contributed by atoms with van der Waals surface area (Å²) in [6.07, 6.45) is 8.49. The molecule has 0 heterocycles. The van der Waals surface area contributed by atoms with Crippen molar-refractivity contribution in [2.45, 2.75) is 57.7 Å². The topological polar surface area (TPSA) is 0 Å². The van der Waals surface area contributed by atoms with Gasteiger partial charge in [0.1, 0.15) is 0 Å². The highest BCUT2D eigenvalue weighted by Gasteiger charge is 2.24. The number of hydrogen-bond acceptors (Lipinski definition) is 0. The van der Waals surface area contributed by atoms with Crippen LogP contribution in [0, 0.1) is 5.92 Å². The number of benzene rings is 1. The fourth-order valence-corrected chi connectivity index (χ4v) is 6.14. The minimum atomic E-state index is -1.32. The molecule has 1 aromatic rings. The van der Waals surface area contributed by atoms with Gasteiger partial charge in [-0.05, 0) is 24.8 Å². The van der Waals surface area contributed by atoms with Crippen LogP contribution in [-0.4, -0.2) is 8.07 Å². The van der Waals surface area contributed by atoms with Gasteiger partial charge < -0.3 is 0 Å². The zero-order valence-electron chi connectivity index (χ0n) is 12.6. The van der Waals surface area contributed by atoms with E-state index in [2.05, 4.69) is 50.0 Å². The van der Waals surface area contributed by atoms with Crippen LogP contribution in [0.15, 0.2) is 42.5 Å². The van der Waals surface area contributed by atoms with E-state index in [1.54, 1.807) is 5.19 Å². The van der Waals surface area contributed by atoms with Gasteiger partial charge in [-0.25, -0.2) is 0 Å². The van der Waals surface area contributed by atoms with Gasteiger partial charge >= 0.3 is 0 Å². The molecule has 0 atom stereocenters. The van der Waals surface area contributed by atoms with E-state index in [0.717, 1.165) is 5.92 Å². The first-order valence-corrected chi connectivity index (χ1v) is 11.0. The standard InChI is InChI=1S/C18H28Si/c1-16(13-14-17-9-7-8-10-17)15-19(2,3)18-11-5-4-6-12-18/h4-6,11-12,17H,1,7-10,13-15H2,2-3H3. The number of allylic oxidation sites excluding steroid dienone is 1. The largest absolute Gasteiger partial charge is 0.100 e. The Morgan fingerprint density at radius 3 is 2.42 bits per heavy atom. The molecule has 0 aliphatic heterocycles. The fourth-order valence-electron chi connectivity index (χ4n) is 3.41. The van der Waals surface area contributed by atoms with E-state index < -0.39 is 8.07 Å². The van der Waals surface area contributed by atoms with Crippen molar-refractivity contribution in [3.63, 3.8) is 0 Å². The lowest BCUT2D eigenvalue weighted by atomic mass is 9.99. The van der Waals surface area contributed by atoms with E-state index in [0.29, 0.717) is 0 Å². The lowest BCUT2D eigenvalue weighted by Gasteiger charge is -2.24. The predicted molar refractivity (Wildman–Crippen MR) is 88.7 cm³/mol. The Labute approximate surface area is 119 Å². The monoisotopic (exact) mass is 272 g/mol. The molecule has 0 N–H and O–H groups in total. The molecule has 1 aromatic carbocycles. The van der Waals surface area contributed by atoms with Crippen LogP contribution in [0.25, 0.3) is 0 Å². The first-order chi connectivity index (χ1) is 9.08. The second kappa shape index (κ2) is 6.56. The van der Waals surface area contributed by atoms with E-state index in [4.69, 9.17) is 0 Å². The molecule has 1 fully saturated rings. The first-order valence-electron chi connectivity index (χ1n) is 7.80. The van der Waals surface area contributed by atoms with Crippen LogP contribution < -0.4 is 5.19 Å². The third kappa shape index (κ3) is 4.34. The van der Waals surface area contributed by atoms with Crippen molar-refractivity contribution in [3.8, 4) is 0 Å². The van der Waals surface area contributed by atoms with Crippen molar-refractivity contribution >= 4 is 13.3 Å². The predicted octanol–water partition coefficient (Wildman–Crippen LogP) is 5.13. The number of rotatable bonds is 6. The maximum absolute atomic E-state index is 4.36. The smallest absolute Gasteiger partial charge is 0.0845 e. The van der Waals surface area contributed by atoms with Crippen molar-refractivity contribution in [2.24, 2.45) is 5.92 Å². The summed E-state index contributed by atoms with van der Waals surface area (Å²) in [5.41, 5.74) is 1.49. The summed E-state index contributed by atoms with van der Waals surface area (Å²) in [7, 11) is -1.32. The van der Waals surface area contributed by atoms with E-state index >= 15 is 0 Å². The van der Waals surface area contributed by atoms with Crippen LogP contribution in [-0.2, 0) is 0 Å². The normalized spacial score (nSPS) is 16.7. The average molecular weight is 273 g/mol. The van der Waals surface area contributed by atoms with Crippen molar-refractivity contribution in [1.29, 1.82) is 0 Å². The second-order valence-electron chi connectivity index (χ2n) is 6.87. The Bertz CT molecular complexity index is 399. The lowest BCUT2D eigenvalue weighted by Crippen LogP contribution is -2.41. The fraction of sp³-hybridized carbons (Fsp3) is 0.556. The van der Waals surface area contributed by atoms with E-state index in [1.165, 1.54) is 50.1 Å². The highest BCUT2D eigenvalue weighted by atomic mass is 28.3. The molecule has 1 aliphatic carbocycles. The van der Waals surface area contributed by atoms with Gasteiger partial charge in [0, 0.05) is 0 Å². The molecule has 104 valence electrons. The molecule has 1 saturated carbocycles. The van der Waals surface area contributed by atoms with E-state index in [9.17, 15) is 0 Å². The number of hydrogen-bond donors (Lipinski definition) is 0.